The number of phenols is 1. The van der Waals surface area contributed by atoms with E-state index in [2.05, 4.69) is 31.5 Å². The van der Waals surface area contributed by atoms with Crippen molar-refractivity contribution in [1.82, 2.24) is 0 Å². The van der Waals surface area contributed by atoms with Crippen LogP contribution < -0.4 is 0 Å². The van der Waals surface area contributed by atoms with E-state index in [0.29, 0.717) is 38.3 Å². The minimum absolute atomic E-state index is 0.359. The van der Waals surface area contributed by atoms with E-state index >= 15 is 0 Å². The number of rotatable bonds is 3. The summed E-state index contributed by atoms with van der Waals surface area (Å²) in [4.78, 5) is 0. The molecule has 2 aromatic rings. The normalized spacial score (nSPS) is 10.6. The molecule has 8 heteroatoms. The molecule has 143 valence electrons. The molecule has 0 spiro atoms. The molecule has 0 saturated carbocycles. The minimum atomic E-state index is -2.17. The second kappa shape index (κ2) is 11.2. The summed E-state index contributed by atoms with van der Waals surface area (Å²) in [6, 6.07) is 9.08. The number of aromatic hydroxyl groups is 1. The summed E-state index contributed by atoms with van der Waals surface area (Å²) >= 11 is 15.2. The Morgan fingerprint density at radius 1 is 0.885 bits per heavy atom. The fraction of sp³-hybridized carbons (Fsp3) is 0.333. The van der Waals surface area contributed by atoms with Crippen molar-refractivity contribution in [1.29, 1.82) is 0 Å². The summed E-state index contributed by atoms with van der Waals surface area (Å²) in [6.07, 6.45) is 0. The van der Waals surface area contributed by atoms with E-state index in [0.717, 1.165) is 11.1 Å². The van der Waals surface area contributed by atoms with Crippen LogP contribution >= 0.6 is 54.5 Å². The molecule has 0 aromatic heterocycles. The van der Waals surface area contributed by atoms with Gasteiger partial charge in [-0.05, 0) is 23.0 Å². The molecule has 0 heterocycles. The van der Waals surface area contributed by atoms with E-state index in [1.807, 2.05) is 18.2 Å². The van der Waals surface area contributed by atoms with Crippen LogP contribution in [0.1, 0.15) is 50.7 Å². The third kappa shape index (κ3) is 7.24. The summed E-state index contributed by atoms with van der Waals surface area (Å²) in [7, 11) is 11.2. The third-order valence-corrected chi connectivity index (χ3v) is 5.47. The number of benzene rings is 2. The zero-order valence-electron chi connectivity index (χ0n) is 14.8. The van der Waals surface area contributed by atoms with Gasteiger partial charge in [0.1, 0.15) is 5.75 Å². The Morgan fingerprint density at radius 3 is 1.65 bits per heavy atom. The van der Waals surface area contributed by atoms with Crippen molar-refractivity contribution >= 4 is 60.2 Å². The number of para-hydroxylation sites is 1. The standard InChI is InChI=1S/C12H18O.C6H2Cl3N.2ClH.V/c1-8(2)10-6-5-7-11(9(3)4)12(10)13;7-3-1-4(8)6(10)5(9)2-3;;;/h5-9,13H,1-4H3;1-2H;2*1H;/q;;;;+2/p-2. The van der Waals surface area contributed by atoms with Crippen molar-refractivity contribution in [2.75, 3.05) is 0 Å². The van der Waals surface area contributed by atoms with Crippen molar-refractivity contribution in [2.45, 2.75) is 39.5 Å². The average molecular weight is 495 g/mol. The van der Waals surface area contributed by atoms with Gasteiger partial charge in [-0.3, -0.25) is 0 Å². The molecule has 0 atom stereocenters. The maximum atomic E-state index is 9.93. The Hall–Kier alpha value is 0.0744. The summed E-state index contributed by atoms with van der Waals surface area (Å²) in [5.41, 5.74) is 2.51. The van der Waals surface area contributed by atoms with Gasteiger partial charge in [0.05, 0.1) is 0 Å². The third-order valence-electron chi connectivity index (χ3n) is 3.50. The van der Waals surface area contributed by atoms with Crippen LogP contribution in [0.3, 0.4) is 0 Å². The fourth-order valence-corrected chi connectivity index (χ4v) is 4.50. The number of nitrogens with zero attached hydrogens (tertiary/aromatic N) is 1. The first kappa shape index (κ1) is 24.1. The first-order chi connectivity index (χ1) is 12.0. The van der Waals surface area contributed by atoms with E-state index in [9.17, 15) is 5.11 Å². The molecule has 0 saturated heterocycles. The molecule has 0 bridgehead atoms. The van der Waals surface area contributed by atoms with Gasteiger partial charge in [-0.15, -0.1) is 0 Å². The van der Waals surface area contributed by atoms with Crippen molar-refractivity contribution in [3.63, 3.8) is 0 Å². The van der Waals surface area contributed by atoms with Gasteiger partial charge in [-0.2, -0.15) is 0 Å². The van der Waals surface area contributed by atoms with Crippen LogP contribution in [0.25, 0.3) is 0 Å². The van der Waals surface area contributed by atoms with Crippen molar-refractivity contribution in [2.24, 2.45) is 3.79 Å². The van der Waals surface area contributed by atoms with Gasteiger partial charge in [0, 0.05) is 0 Å². The van der Waals surface area contributed by atoms with Gasteiger partial charge < -0.3 is 5.11 Å². The molecule has 0 fully saturated rings. The molecule has 0 unspecified atom stereocenters. The maximum absolute atomic E-state index is 9.93. The quantitative estimate of drug-likeness (QED) is 0.454. The number of halogens is 5. The van der Waals surface area contributed by atoms with E-state index in [4.69, 9.17) is 54.5 Å². The van der Waals surface area contributed by atoms with Crippen LogP contribution in [0.4, 0.5) is 5.69 Å². The second-order valence-corrected chi connectivity index (χ2v) is 11.7. The van der Waals surface area contributed by atoms with Gasteiger partial charge in [0.15, 0.2) is 0 Å². The molecule has 0 amide bonds. The summed E-state index contributed by atoms with van der Waals surface area (Å²) in [5.74, 6) is 1.25. The molecule has 26 heavy (non-hydrogen) atoms. The molecule has 0 aliphatic heterocycles. The molecule has 2 nitrogen and oxygen atoms in total. The van der Waals surface area contributed by atoms with Crippen molar-refractivity contribution in [3.8, 4) is 5.75 Å². The van der Waals surface area contributed by atoms with E-state index in [1.165, 1.54) is 0 Å². The summed E-state index contributed by atoms with van der Waals surface area (Å²) in [6.45, 7) is 8.39. The first-order valence-corrected chi connectivity index (χ1v) is 13.4. The Labute approximate surface area is 182 Å². The van der Waals surface area contributed by atoms with Crippen molar-refractivity contribution in [3.05, 3.63) is 56.5 Å². The van der Waals surface area contributed by atoms with Gasteiger partial charge >= 0.3 is 104 Å². The number of hydrogen-bond donors (Lipinski definition) is 1. The molecule has 1 N–H and O–H groups in total. The Kier molecular flexibility index (Phi) is 10.4. The molecular weight excluding hydrogens is 474 g/mol. The van der Waals surface area contributed by atoms with Crippen LogP contribution in [0, 0.1) is 0 Å². The predicted octanol–water partition coefficient (Wildman–Crippen LogP) is 9.03. The van der Waals surface area contributed by atoms with Gasteiger partial charge in [-0.25, -0.2) is 0 Å². The summed E-state index contributed by atoms with van der Waals surface area (Å²) in [5, 5.41) is 11.1. The first-order valence-electron chi connectivity index (χ1n) is 7.84. The Balaban J connectivity index is 0.000000260. The van der Waals surface area contributed by atoms with Crippen LogP contribution in [0.15, 0.2) is 34.1 Å². The Bertz CT molecular complexity index is 740. The van der Waals surface area contributed by atoms with Gasteiger partial charge in [-0.1, -0.05) is 45.9 Å². The monoisotopic (exact) mass is 492 g/mol. The molecule has 0 aliphatic rings. The molecule has 0 radical (unpaired) electrons. The van der Waals surface area contributed by atoms with E-state index in [-0.39, 0.29) is 0 Å². The average Bonchev–Trinajstić information content (AvgIpc) is 2.51. The zero-order chi connectivity index (χ0) is 20.0. The van der Waals surface area contributed by atoms with E-state index < -0.39 is 13.1 Å². The predicted molar refractivity (Wildman–Crippen MR) is 112 cm³/mol. The topological polar surface area (TPSA) is 32.6 Å². The molecule has 2 rings (SSSR count). The van der Waals surface area contributed by atoms with Crippen molar-refractivity contribution < 1.29 is 18.2 Å². The van der Waals surface area contributed by atoms with Crippen LogP contribution in [-0.2, 0) is 13.1 Å². The Morgan fingerprint density at radius 2 is 1.31 bits per heavy atom. The molecule has 2 aromatic carbocycles. The van der Waals surface area contributed by atoms with Gasteiger partial charge in [0.25, 0.3) is 0 Å². The molecular formula is C18H20Cl5NOV. The SMILES string of the molecule is CC(C)c1cccc(C(C)C)c1O.Clc1cc(Cl)c([N]=[V]([Cl])[Cl])c(Cl)c1. The van der Waals surface area contributed by atoms with Crippen LogP contribution in [0.5, 0.6) is 5.75 Å². The van der Waals surface area contributed by atoms with Crippen LogP contribution in [0.2, 0.25) is 15.1 Å². The number of hydrogen-bond acceptors (Lipinski definition) is 2. The fourth-order valence-electron chi connectivity index (χ4n) is 2.22. The zero-order valence-corrected chi connectivity index (χ0v) is 19.9. The van der Waals surface area contributed by atoms with Gasteiger partial charge in [0.2, 0.25) is 0 Å². The van der Waals surface area contributed by atoms with Crippen LogP contribution in [-0.4, -0.2) is 5.11 Å². The summed E-state index contributed by atoms with van der Waals surface area (Å²) < 4.78 is 3.95. The second-order valence-electron chi connectivity index (χ2n) is 6.13. The van der Waals surface area contributed by atoms with E-state index in [1.54, 1.807) is 12.1 Å². The number of phenolic OH excluding ortho intramolecular Hbond substituents is 1. The molecule has 0 aliphatic carbocycles.